The third-order valence-corrected chi connectivity index (χ3v) is 5.02. The first-order chi connectivity index (χ1) is 9.67. The van der Waals surface area contributed by atoms with E-state index >= 15 is 0 Å². The monoisotopic (exact) mass is 288 g/mol. The van der Waals surface area contributed by atoms with Gasteiger partial charge >= 0.3 is 0 Å². The summed E-state index contributed by atoms with van der Waals surface area (Å²) in [5.74, 6) is 0. The summed E-state index contributed by atoms with van der Waals surface area (Å²) in [6.07, 6.45) is 7.25. The lowest BCUT2D eigenvalue weighted by atomic mass is 9.79. The summed E-state index contributed by atoms with van der Waals surface area (Å²) in [6.45, 7) is 3.08. The first-order valence-corrected chi connectivity index (χ1v) is 7.62. The number of nitrogens with zero attached hydrogens (tertiary/aromatic N) is 2. The van der Waals surface area contributed by atoms with E-state index in [1.54, 1.807) is 6.20 Å². The number of rotatable bonds is 0. The zero-order chi connectivity index (χ0) is 13.7. The molecule has 0 saturated carbocycles. The van der Waals surface area contributed by atoms with Gasteiger partial charge in [0.2, 0.25) is 0 Å². The number of pyridine rings is 2. The Morgan fingerprint density at radius 3 is 3.05 bits per heavy atom. The Labute approximate surface area is 123 Å². The number of fused-ring (bicyclic) bond motifs is 2. The van der Waals surface area contributed by atoms with Gasteiger partial charge in [-0.05, 0) is 49.8 Å². The Balaban J connectivity index is 1.88. The zero-order valence-electron chi connectivity index (χ0n) is 11.6. The molecule has 2 aromatic heterocycles. The molecule has 3 heterocycles. The third kappa shape index (κ3) is 1.84. The highest BCUT2D eigenvalue weighted by atomic mass is 35.5. The van der Waals surface area contributed by atoms with Crippen molar-refractivity contribution in [3.8, 4) is 0 Å². The van der Waals surface area contributed by atoms with Crippen LogP contribution in [0.1, 0.15) is 36.1 Å². The minimum absolute atomic E-state index is 0.0734. The van der Waals surface area contributed by atoms with Crippen molar-refractivity contribution in [1.29, 1.82) is 0 Å². The fourth-order valence-electron chi connectivity index (χ4n) is 3.69. The van der Waals surface area contributed by atoms with Gasteiger partial charge in [0, 0.05) is 24.1 Å². The van der Waals surface area contributed by atoms with Gasteiger partial charge in [-0.1, -0.05) is 11.6 Å². The molecule has 20 heavy (non-hydrogen) atoms. The summed E-state index contributed by atoms with van der Waals surface area (Å²) >= 11 is 6.03. The van der Waals surface area contributed by atoms with E-state index in [2.05, 4.69) is 11.9 Å². The highest BCUT2D eigenvalue weighted by molar-refractivity contribution is 6.30. The molecule has 1 atom stereocenters. The molecule has 0 bridgehead atoms. The Morgan fingerprint density at radius 1 is 1.35 bits per heavy atom. The average molecular weight is 289 g/mol. The second-order valence-corrected chi connectivity index (χ2v) is 6.39. The Hall–Kier alpha value is -1.19. The van der Waals surface area contributed by atoms with E-state index in [0.717, 1.165) is 36.8 Å². The van der Waals surface area contributed by atoms with E-state index < -0.39 is 0 Å². The minimum Gasteiger partial charge on any atom is -0.375 e. The van der Waals surface area contributed by atoms with Gasteiger partial charge in [0.25, 0.3) is 0 Å². The number of hydrogen-bond acceptors (Lipinski definition) is 3. The number of halogens is 1. The average Bonchev–Trinajstić information content (AvgIpc) is 2.89. The van der Waals surface area contributed by atoms with Crippen molar-refractivity contribution in [3.05, 3.63) is 34.2 Å². The van der Waals surface area contributed by atoms with Crippen molar-refractivity contribution < 1.29 is 4.74 Å². The predicted molar refractivity (Wildman–Crippen MR) is 79.2 cm³/mol. The Morgan fingerprint density at radius 2 is 2.25 bits per heavy atom. The van der Waals surface area contributed by atoms with Crippen LogP contribution in [0.4, 0.5) is 0 Å². The maximum atomic E-state index is 6.06. The third-order valence-electron chi connectivity index (χ3n) is 4.81. The molecule has 2 aliphatic rings. The zero-order valence-corrected chi connectivity index (χ0v) is 12.3. The quantitative estimate of drug-likeness (QED) is 0.694. The molecule has 1 saturated heterocycles. The van der Waals surface area contributed by atoms with E-state index in [0.29, 0.717) is 5.15 Å². The summed E-state index contributed by atoms with van der Waals surface area (Å²) < 4.78 is 6.06. The van der Waals surface area contributed by atoms with Crippen LogP contribution in [0.5, 0.6) is 0 Å². The molecule has 1 spiro atoms. The van der Waals surface area contributed by atoms with Gasteiger partial charge < -0.3 is 4.74 Å². The van der Waals surface area contributed by atoms with Crippen molar-refractivity contribution in [2.45, 2.75) is 44.6 Å². The molecule has 1 aliphatic carbocycles. The summed E-state index contributed by atoms with van der Waals surface area (Å²) in [7, 11) is 0. The van der Waals surface area contributed by atoms with Crippen molar-refractivity contribution in [2.75, 3.05) is 6.61 Å². The summed E-state index contributed by atoms with van der Waals surface area (Å²) in [4.78, 5) is 8.94. The van der Waals surface area contributed by atoms with Gasteiger partial charge in [0.05, 0.1) is 17.3 Å². The van der Waals surface area contributed by atoms with Gasteiger partial charge in [-0.3, -0.25) is 4.98 Å². The SMILES string of the molecule is Cc1c2c(nc3cnc(Cl)cc13)CCC1(CCCO1)C2. The van der Waals surface area contributed by atoms with Crippen molar-refractivity contribution in [1.82, 2.24) is 9.97 Å². The van der Waals surface area contributed by atoms with E-state index in [9.17, 15) is 0 Å². The highest BCUT2D eigenvalue weighted by Crippen LogP contribution is 2.40. The topological polar surface area (TPSA) is 35.0 Å². The van der Waals surface area contributed by atoms with Crippen LogP contribution in [0.3, 0.4) is 0 Å². The molecular formula is C16H17ClN2O. The molecule has 0 radical (unpaired) electrons. The summed E-state index contributed by atoms with van der Waals surface area (Å²) in [5, 5.41) is 1.66. The number of aryl methyl sites for hydroxylation is 2. The van der Waals surface area contributed by atoms with Gasteiger partial charge in [-0.15, -0.1) is 0 Å². The molecule has 1 aliphatic heterocycles. The molecule has 3 nitrogen and oxygen atoms in total. The number of ether oxygens (including phenoxy) is 1. The second-order valence-electron chi connectivity index (χ2n) is 6.00. The molecule has 1 unspecified atom stereocenters. The standard InChI is InChI=1S/C16H17ClN2O/c1-10-11-7-15(17)18-9-14(11)19-13-3-5-16(8-12(10)13)4-2-6-20-16/h7,9H,2-6,8H2,1H3. The van der Waals surface area contributed by atoms with Crippen LogP contribution in [-0.2, 0) is 17.6 Å². The predicted octanol–water partition coefficient (Wildman–Crippen LogP) is 3.63. The van der Waals surface area contributed by atoms with Crippen LogP contribution >= 0.6 is 11.6 Å². The van der Waals surface area contributed by atoms with Gasteiger partial charge in [-0.2, -0.15) is 0 Å². The van der Waals surface area contributed by atoms with E-state index in [-0.39, 0.29) is 5.60 Å². The van der Waals surface area contributed by atoms with Crippen LogP contribution in [0, 0.1) is 6.92 Å². The van der Waals surface area contributed by atoms with Crippen molar-refractivity contribution in [3.63, 3.8) is 0 Å². The molecule has 104 valence electrons. The minimum atomic E-state index is 0.0734. The fraction of sp³-hybridized carbons (Fsp3) is 0.500. The van der Waals surface area contributed by atoms with Crippen LogP contribution in [0.25, 0.3) is 10.9 Å². The van der Waals surface area contributed by atoms with Crippen LogP contribution < -0.4 is 0 Å². The van der Waals surface area contributed by atoms with Crippen LogP contribution in [0.15, 0.2) is 12.3 Å². The fourth-order valence-corrected chi connectivity index (χ4v) is 3.85. The van der Waals surface area contributed by atoms with E-state index in [4.69, 9.17) is 21.3 Å². The molecule has 0 aromatic carbocycles. The summed E-state index contributed by atoms with van der Waals surface area (Å²) in [5.41, 5.74) is 4.91. The van der Waals surface area contributed by atoms with E-state index in [1.165, 1.54) is 29.7 Å². The first kappa shape index (κ1) is 12.5. The smallest absolute Gasteiger partial charge is 0.129 e. The van der Waals surface area contributed by atoms with Crippen molar-refractivity contribution in [2.24, 2.45) is 0 Å². The molecular weight excluding hydrogens is 272 g/mol. The molecule has 1 fully saturated rings. The van der Waals surface area contributed by atoms with E-state index in [1.807, 2.05) is 6.07 Å². The maximum Gasteiger partial charge on any atom is 0.129 e. The normalized spacial score (nSPS) is 25.3. The van der Waals surface area contributed by atoms with Crippen LogP contribution in [-0.4, -0.2) is 22.2 Å². The largest absolute Gasteiger partial charge is 0.375 e. The first-order valence-electron chi connectivity index (χ1n) is 7.24. The van der Waals surface area contributed by atoms with Gasteiger partial charge in [0.1, 0.15) is 5.15 Å². The lowest BCUT2D eigenvalue weighted by Gasteiger charge is -2.34. The highest BCUT2D eigenvalue weighted by Gasteiger charge is 2.39. The van der Waals surface area contributed by atoms with Gasteiger partial charge in [-0.25, -0.2) is 4.98 Å². The number of hydrogen-bond donors (Lipinski definition) is 0. The Kier molecular flexibility index (Phi) is 2.76. The Bertz CT molecular complexity index is 692. The lowest BCUT2D eigenvalue weighted by Crippen LogP contribution is -2.35. The molecule has 0 N–H and O–H groups in total. The lowest BCUT2D eigenvalue weighted by molar-refractivity contribution is -0.00707. The van der Waals surface area contributed by atoms with Crippen molar-refractivity contribution >= 4 is 22.5 Å². The molecule has 4 rings (SSSR count). The molecule has 0 amide bonds. The number of aromatic nitrogens is 2. The second kappa shape index (κ2) is 4.40. The molecule has 2 aromatic rings. The van der Waals surface area contributed by atoms with Crippen LogP contribution in [0.2, 0.25) is 5.15 Å². The van der Waals surface area contributed by atoms with Gasteiger partial charge in [0.15, 0.2) is 0 Å². The maximum absolute atomic E-state index is 6.06. The molecule has 4 heteroatoms. The summed E-state index contributed by atoms with van der Waals surface area (Å²) in [6, 6.07) is 1.93.